The fourth-order valence-corrected chi connectivity index (χ4v) is 3.66. The summed E-state index contributed by atoms with van der Waals surface area (Å²) < 4.78 is 7.23. The summed E-state index contributed by atoms with van der Waals surface area (Å²) >= 11 is 3.63. The molecule has 1 aliphatic rings. The molecule has 1 atom stereocenters. The van der Waals surface area contributed by atoms with E-state index in [1.54, 1.807) is 0 Å². The fourth-order valence-electron chi connectivity index (χ4n) is 3.07. The van der Waals surface area contributed by atoms with Crippen LogP contribution < -0.4 is 4.74 Å². The van der Waals surface area contributed by atoms with Crippen LogP contribution in [0.4, 0.5) is 0 Å². The van der Waals surface area contributed by atoms with Crippen molar-refractivity contribution in [2.24, 2.45) is 0 Å². The molecule has 3 rings (SSSR count). The van der Waals surface area contributed by atoms with Gasteiger partial charge in [0.15, 0.2) is 0 Å². The minimum Gasteiger partial charge on any atom is -0.488 e. The Labute approximate surface area is 140 Å². The molecule has 0 spiro atoms. The SMILES string of the molecule is CC(C)c1cc(Br)c2c(c1OCc1ccccc1)C(C)(O)C2. The molecular weight excluding hydrogens is 340 g/mol. The van der Waals surface area contributed by atoms with Gasteiger partial charge in [-0.25, -0.2) is 0 Å². The van der Waals surface area contributed by atoms with Crippen LogP contribution in [0.5, 0.6) is 5.75 Å². The predicted molar refractivity (Wildman–Crippen MR) is 92.3 cm³/mol. The highest BCUT2D eigenvalue weighted by Gasteiger charge is 2.42. The normalized spacial score (nSPS) is 19.7. The van der Waals surface area contributed by atoms with Gasteiger partial charge in [-0.2, -0.15) is 0 Å². The van der Waals surface area contributed by atoms with E-state index in [0.29, 0.717) is 18.9 Å². The molecule has 116 valence electrons. The van der Waals surface area contributed by atoms with Gasteiger partial charge in [-0.1, -0.05) is 60.1 Å². The summed E-state index contributed by atoms with van der Waals surface area (Å²) in [6.07, 6.45) is 0.670. The number of fused-ring (bicyclic) bond motifs is 1. The molecule has 0 saturated heterocycles. The van der Waals surface area contributed by atoms with E-state index in [0.717, 1.165) is 32.5 Å². The Bertz CT molecular complexity index is 690. The van der Waals surface area contributed by atoms with E-state index in [4.69, 9.17) is 4.74 Å². The molecule has 2 aromatic rings. The van der Waals surface area contributed by atoms with Crippen molar-refractivity contribution in [1.29, 1.82) is 0 Å². The van der Waals surface area contributed by atoms with Gasteiger partial charge >= 0.3 is 0 Å². The van der Waals surface area contributed by atoms with Gasteiger partial charge in [-0.3, -0.25) is 0 Å². The average Bonchev–Trinajstić information content (AvgIpc) is 2.47. The highest BCUT2D eigenvalue weighted by atomic mass is 79.9. The summed E-state index contributed by atoms with van der Waals surface area (Å²) in [4.78, 5) is 0. The first-order chi connectivity index (χ1) is 10.4. The van der Waals surface area contributed by atoms with Gasteiger partial charge < -0.3 is 9.84 Å². The van der Waals surface area contributed by atoms with Crippen molar-refractivity contribution < 1.29 is 9.84 Å². The van der Waals surface area contributed by atoms with Crippen molar-refractivity contribution in [2.75, 3.05) is 0 Å². The van der Waals surface area contributed by atoms with Crippen molar-refractivity contribution in [3.05, 3.63) is 63.1 Å². The summed E-state index contributed by atoms with van der Waals surface area (Å²) in [5.41, 5.74) is 3.59. The van der Waals surface area contributed by atoms with E-state index in [2.05, 4.69) is 48.0 Å². The zero-order valence-corrected chi connectivity index (χ0v) is 14.8. The largest absolute Gasteiger partial charge is 0.488 e. The van der Waals surface area contributed by atoms with Crippen LogP contribution >= 0.6 is 15.9 Å². The van der Waals surface area contributed by atoms with Crippen molar-refractivity contribution in [3.63, 3.8) is 0 Å². The topological polar surface area (TPSA) is 29.5 Å². The maximum atomic E-state index is 10.6. The molecule has 0 aromatic heterocycles. The Balaban J connectivity index is 2.00. The van der Waals surface area contributed by atoms with Gasteiger partial charge in [-0.15, -0.1) is 0 Å². The molecule has 0 fully saturated rings. The number of ether oxygens (including phenoxy) is 1. The molecule has 22 heavy (non-hydrogen) atoms. The van der Waals surface area contributed by atoms with Gasteiger partial charge in [0, 0.05) is 16.5 Å². The van der Waals surface area contributed by atoms with Gasteiger partial charge in [-0.05, 0) is 35.6 Å². The van der Waals surface area contributed by atoms with E-state index in [1.807, 2.05) is 25.1 Å². The van der Waals surface area contributed by atoms with Crippen molar-refractivity contribution >= 4 is 15.9 Å². The van der Waals surface area contributed by atoms with Crippen molar-refractivity contribution in [2.45, 2.75) is 45.3 Å². The lowest BCUT2D eigenvalue weighted by molar-refractivity contribution is 0.0280. The van der Waals surface area contributed by atoms with E-state index in [-0.39, 0.29) is 0 Å². The maximum absolute atomic E-state index is 10.6. The van der Waals surface area contributed by atoms with Crippen molar-refractivity contribution in [1.82, 2.24) is 0 Å². The zero-order valence-electron chi connectivity index (χ0n) is 13.2. The van der Waals surface area contributed by atoms with E-state index in [1.165, 1.54) is 0 Å². The third kappa shape index (κ3) is 2.68. The molecule has 0 heterocycles. The second kappa shape index (κ2) is 5.71. The lowest BCUT2D eigenvalue weighted by Gasteiger charge is -2.40. The molecule has 2 aromatic carbocycles. The highest BCUT2D eigenvalue weighted by molar-refractivity contribution is 9.10. The molecule has 0 saturated carbocycles. The summed E-state index contributed by atoms with van der Waals surface area (Å²) in [6, 6.07) is 12.3. The minimum atomic E-state index is -0.797. The number of benzene rings is 2. The second-order valence-corrected chi connectivity index (χ2v) is 7.36. The Morgan fingerprint density at radius 1 is 1.27 bits per heavy atom. The Morgan fingerprint density at radius 3 is 2.55 bits per heavy atom. The van der Waals surface area contributed by atoms with Crippen LogP contribution in [0.1, 0.15) is 48.9 Å². The van der Waals surface area contributed by atoms with Crippen LogP contribution in [0.15, 0.2) is 40.9 Å². The van der Waals surface area contributed by atoms with Gasteiger partial charge in [0.05, 0.1) is 5.60 Å². The van der Waals surface area contributed by atoms with Crippen LogP contribution in [-0.2, 0) is 18.6 Å². The summed E-state index contributed by atoms with van der Waals surface area (Å²) in [5.74, 6) is 1.19. The molecule has 3 heteroatoms. The Morgan fingerprint density at radius 2 is 1.95 bits per heavy atom. The lowest BCUT2D eigenvalue weighted by Crippen LogP contribution is -2.37. The van der Waals surface area contributed by atoms with Gasteiger partial charge in [0.2, 0.25) is 0 Å². The van der Waals surface area contributed by atoms with E-state index in [9.17, 15) is 5.11 Å². The second-order valence-electron chi connectivity index (χ2n) is 6.51. The molecule has 1 N–H and O–H groups in total. The number of hydrogen-bond acceptors (Lipinski definition) is 2. The van der Waals surface area contributed by atoms with E-state index >= 15 is 0 Å². The number of halogens is 1. The number of hydrogen-bond donors (Lipinski definition) is 1. The van der Waals surface area contributed by atoms with Crippen LogP contribution in [-0.4, -0.2) is 5.11 Å². The summed E-state index contributed by atoms with van der Waals surface area (Å²) in [5, 5.41) is 10.6. The van der Waals surface area contributed by atoms with Crippen LogP contribution in [0.25, 0.3) is 0 Å². The van der Waals surface area contributed by atoms with Gasteiger partial charge in [0.25, 0.3) is 0 Å². The zero-order chi connectivity index (χ0) is 15.9. The van der Waals surface area contributed by atoms with E-state index < -0.39 is 5.60 Å². The minimum absolute atomic E-state index is 0.337. The third-order valence-electron chi connectivity index (χ3n) is 4.27. The number of aliphatic hydroxyl groups is 1. The lowest BCUT2D eigenvalue weighted by atomic mass is 9.72. The van der Waals surface area contributed by atoms with Gasteiger partial charge in [0.1, 0.15) is 12.4 Å². The average molecular weight is 361 g/mol. The molecule has 0 radical (unpaired) electrons. The van der Waals surface area contributed by atoms with Crippen LogP contribution in [0, 0.1) is 0 Å². The molecule has 1 unspecified atom stereocenters. The van der Waals surface area contributed by atoms with Crippen LogP contribution in [0.3, 0.4) is 0 Å². The Hall–Kier alpha value is -1.32. The molecular formula is C19H21BrO2. The maximum Gasteiger partial charge on any atom is 0.129 e. The smallest absolute Gasteiger partial charge is 0.129 e. The van der Waals surface area contributed by atoms with Crippen molar-refractivity contribution in [3.8, 4) is 5.75 Å². The molecule has 1 aliphatic carbocycles. The van der Waals surface area contributed by atoms with Crippen LogP contribution in [0.2, 0.25) is 0 Å². The first-order valence-corrected chi connectivity index (χ1v) is 8.44. The first-order valence-electron chi connectivity index (χ1n) is 7.65. The predicted octanol–water partition coefficient (Wildman–Crippen LogP) is 4.92. The molecule has 0 amide bonds. The number of rotatable bonds is 4. The highest BCUT2D eigenvalue weighted by Crippen LogP contribution is 2.51. The molecule has 0 bridgehead atoms. The molecule has 0 aliphatic heterocycles. The summed E-state index contributed by atoms with van der Waals surface area (Å²) in [6.45, 7) is 6.68. The monoisotopic (exact) mass is 360 g/mol. The quantitative estimate of drug-likeness (QED) is 0.838. The third-order valence-corrected chi connectivity index (χ3v) is 4.98. The Kier molecular flexibility index (Phi) is 4.04. The first kappa shape index (κ1) is 15.6. The fraction of sp³-hybridized carbons (Fsp3) is 0.368. The molecule has 2 nitrogen and oxygen atoms in total. The standard InChI is InChI=1S/C19H21BrO2/c1-12(2)14-9-16(20)15-10-19(3,21)17(15)18(14)22-11-13-7-5-4-6-8-13/h4-9,12,21H,10-11H2,1-3H3. The summed E-state index contributed by atoms with van der Waals surface area (Å²) in [7, 11) is 0.